The van der Waals surface area contributed by atoms with Crippen LogP contribution in [0.4, 0.5) is 0 Å². The van der Waals surface area contributed by atoms with Crippen LogP contribution in [0.15, 0.2) is 30.3 Å². The number of nitrogens with one attached hydrogen (secondary N) is 1. The Labute approximate surface area is 191 Å². The number of carbonyl (C=O) groups excluding carboxylic acids is 1. The molecule has 0 fully saturated rings. The van der Waals surface area contributed by atoms with E-state index in [1.807, 2.05) is 19.1 Å². The van der Waals surface area contributed by atoms with Crippen LogP contribution >= 0.6 is 0 Å². The van der Waals surface area contributed by atoms with Gasteiger partial charge in [-0.3, -0.25) is 4.79 Å². The van der Waals surface area contributed by atoms with Crippen LogP contribution in [0.1, 0.15) is 16.7 Å². The van der Waals surface area contributed by atoms with E-state index in [0.717, 1.165) is 16.7 Å². The van der Waals surface area contributed by atoms with Gasteiger partial charge in [0.25, 0.3) is 0 Å². The largest absolute Gasteiger partial charge is 0.551 e. The van der Waals surface area contributed by atoms with E-state index in [1.54, 1.807) is 46.6 Å². The van der Waals surface area contributed by atoms with E-state index in [9.17, 15) is 4.79 Å². The number of ether oxygens (including phenoxy) is 4. The average molecular weight is 459 g/mol. The Hall–Kier alpha value is -2.05. The van der Waals surface area contributed by atoms with Gasteiger partial charge in [-0.25, -0.2) is 0 Å². The topological polar surface area (TPSA) is 66.0 Å². The number of amides is 1. The van der Waals surface area contributed by atoms with Crippen molar-refractivity contribution in [1.82, 2.24) is 5.32 Å². The van der Waals surface area contributed by atoms with Crippen LogP contribution in [-0.4, -0.2) is 34.3 Å². The third-order valence-corrected chi connectivity index (χ3v) is 3.93. The molecule has 0 aliphatic rings. The molecule has 28 heavy (non-hydrogen) atoms. The van der Waals surface area contributed by atoms with Gasteiger partial charge in [-0.05, 0) is 42.8 Å². The van der Waals surface area contributed by atoms with Crippen LogP contribution in [0.3, 0.4) is 0 Å². The fraction of sp³-hybridized carbons (Fsp3) is 0.286. The molecule has 0 saturated carbocycles. The second-order valence-electron chi connectivity index (χ2n) is 5.73. The van der Waals surface area contributed by atoms with E-state index in [1.165, 1.54) is 6.08 Å². The molecule has 0 aliphatic heterocycles. The van der Waals surface area contributed by atoms with Gasteiger partial charge in [-0.2, -0.15) is 6.07 Å². The Kier molecular flexibility index (Phi) is 10.0. The maximum Gasteiger partial charge on any atom is 0.243 e. The molecule has 1 N–H and O–H groups in total. The van der Waals surface area contributed by atoms with Crippen molar-refractivity contribution in [2.24, 2.45) is 0 Å². The van der Waals surface area contributed by atoms with Gasteiger partial charge >= 0.3 is 0 Å². The summed E-state index contributed by atoms with van der Waals surface area (Å²) in [5.74, 6) is 2.19. The van der Waals surface area contributed by atoms with Crippen molar-refractivity contribution < 1.29 is 56.5 Å². The number of carbonyl (C=O) groups is 1. The van der Waals surface area contributed by atoms with Gasteiger partial charge in [-0.15, -0.1) is 17.7 Å². The molecule has 1 radical (unpaired) electrons. The van der Waals surface area contributed by atoms with Gasteiger partial charge in [0.1, 0.15) is 0 Å². The third kappa shape index (κ3) is 6.25. The molecule has 0 saturated heterocycles. The predicted octanol–water partition coefficient (Wildman–Crippen LogP) is 3.16. The SMILES string of the molecule is COc1[c-]cc(CNC(=O)/C=C/c2cc(C)c(OC)c(OC)c2)cc1OC.[Y]. The van der Waals surface area contributed by atoms with E-state index in [-0.39, 0.29) is 38.6 Å². The molecule has 0 spiro atoms. The molecule has 0 aromatic heterocycles. The molecule has 0 unspecified atom stereocenters. The summed E-state index contributed by atoms with van der Waals surface area (Å²) in [6.07, 6.45) is 3.20. The molecule has 0 aliphatic carbocycles. The first-order valence-electron chi connectivity index (χ1n) is 8.33. The standard InChI is InChI=1S/C21H24NO5.Y/c1-14-10-15(11-19(26-4)21(14)27-5)7-9-20(23)22-13-16-6-8-17(24-2)18(12-16)25-3;/h6-7,9-12H,13H2,1-5H3,(H,22,23);/q-1;/b9-7+;. The first-order valence-corrected chi connectivity index (χ1v) is 8.33. The summed E-state index contributed by atoms with van der Waals surface area (Å²) in [5.41, 5.74) is 2.63. The molecule has 6 nitrogen and oxygen atoms in total. The van der Waals surface area contributed by atoms with E-state index in [2.05, 4.69) is 11.4 Å². The van der Waals surface area contributed by atoms with Crippen LogP contribution in [0.2, 0.25) is 0 Å². The van der Waals surface area contributed by atoms with E-state index in [0.29, 0.717) is 29.5 Å². The maximum atomic E-state index is 12.1. The van der Waals surface area contributed by atoms with Gasteiger partial charge < -0.3 is 24.3 Å². The molecule has 0 bridgehead atoms. The second-order valence-corrected chi connectivity index (χ2v) is 5.73. The summed E-state index contributed by atoms with van der Waals surface area (Å²) >= 11 is 0. The van der Waals surface area contributed by atoms with Crippen molar-refractivity contribution in [3.63, 3.8) is 0 Å². The predicted molar refractivity (Wildman–Crippen MR) is 104 cm³/mol. The Morgan fingerprint density at radius 2 is 1.75 bits per heavy atom. The van der Waals surface area contributed by atoms with Gasteiger partial charge in [0.15, 0.2) is 11.5 Å². The Bertz CT molecular complexity index is 836. The molecule has 2 aromatic rings. The molecule has 147 valence electrons. The quantitative estimate of drug-likeness (QED) is 0.486. The van der Waals surface area contributed by atoms with E-state index >= 15 is 0 Å². The zero-order valence-electron chi connectivity index (χ0n) is 16.8. The minimum Gasteiger partial charge on any atom is -0.551 e. The van der Waals surface area contributed by atoms with Crippen molar-refractivity contribution in [3.8, 4) is 23.0 Å². The summed E-state index contributed by atoms with van der Waals surface area (Å²) in [4.78, 5) is 12.1. The summed E-state index contributed by atoms with van der Waals surface area (Å²) in [6.45, 7) is 2.28. The monoisotopic (exact) mass is 459 g/mol. The van der Waals surface area contributed by atoms with Gasteiger partial charge in [0, 0.05) is 50.3 Å². The molecule has 2 rings (SSSR count). The van der Waals surface area contributed by atoms with Crippen molar-refractivity contribution in [1.29, 1.82) is 0 Å². The average Bonchev–Trinajstić information content (AvgIpc) is 2.69. The molecular weight excluding hydrogens is 435 g/mol. The van der Waals surface area contributed by atoms with Crippen LogP contribution in [0.5, 0.6) is 23.0 Å². The first kappa shape index (κ1) is 24.0. The minimum atomic E-state index is -0.211. The molecule has 7 heteroatoms. The van der Waals surface area contributed by atoms with Gasteiger partial charge in [0.2, 0.25) is 5.91 Å². The third-order valence-electron chi connectivity index (χ3n) is 3.93. The van der Waals surface area contributed by atoms with Crippen LogP contribution in [0, 0.1) is 13.0 Å². The van der Waals surface area contributed by atoms with E-state index in [4.69, 9.17) is 18.9 Å². The smallest absolute Gasteiger partial charge is 0.243 e. The Morgan fingerprint density at radius 3 is 2.36 bits per heavy atom. The number of benzene rings is 2. The summed E-state index contributed by atoms with van der Waals surface area (Å²) in [5, 5.41) is 2.83. The maximum absolute atomic E-state index is 12.1. The minimum absolute atomic E-state index is 0. The van der Waals surface area contributed by atoms with Crippen LogP contribution < -0.4 is 24.3 Å². The zero-order chi connectivity index (χ0) is 19.8. The first-order chi connectivity index (χ1) is 13.0. The molecule has 0 heterocycles. The molecule has 0 atom stereocenters. The number of rotatable bonds is 8. The van der Waals surface area contributed by atoms with Crippen LogP contribution in [0.25, 0.3) is 6.08 Å². The van der Waals surface area contributed by atoms with Crippen molar-refractivity contribution in [3.05, 3.63) is 53.1 Å². The van der Waals surface area contributed by atoms with Gasteiger partial charge in [-0.1, -0.05) is 0 Å². The normalized spacial score (nSPS) is 10.2. The summed E-state index contributed by atoms with van der Waals surface area (Å²) in [6, 6.07) is 10.3. The number of hydrogen-bond donors (Lipinski definition) is 1. The van der Waals surface area contributed by atoms with Gasteiger partial charge in [0.05, 0.1) is 28.4 Å². The van der Waals surface area contributed by atoms with E-state index < -0.39 is 0 Å². The Morgan fingerprint density at radius 1 is 1.04 bits per heavy atom. The molecule has 2 aromatic carbocycles. The van der Waals surface area contributed by atoms with Crippen molar-refractivity contribution in [2.75, 3.05) is 28.4 Å². The number of methoxy groups -OCH3 is 4. The van der Waals surface area contributed by atoms with Crippen molar-refractivity contribution >= 4 is 12.0 Å². The summed E-state index contributed by atoms with van der Waals surface area (Å²) in [7, 11) is 6.29. The van der Waals surface area contributed by atoms with Crippen molar-refractivity contribution in [2.45, 2.75) is 13.5 Å². The molecule has 1 amide bonds. The summed E-state index contributed by atoms with van der Waals surface area (Å²) < 4.78 is 21.0. The number of aryl methyl sites for hydroxylation is 1. The fourth-order valence-corrected chi connectivity index (χ4v) is 2.62. The number of hydrogen-bond acceptors (Lipinski definition) is 5. The second kappa shape index (κ2) is 11.7. The zero-order valence-corrected chi connectivity index (χ0v) is 19.6. The Balaban J connectivity index is 0.00000392. The molecular formula is C21H24NO5Y-. The fourth-order valence-electron chi connectivity index (χ4n) is 2.62. The van der Waals surface area contributed by atoms with Crippen LogP contribution in [-0.2, 0) is 44.0 Å².